The molecule has 0 atom stereocenters. The fourth-order valence-corrected chi connectivity index (χ4v) is 2.57. The first-order chi connectivity index (χ1) is 8.03. The van der Waals surface area contributed by atoms with Crippen molar-refractivity contribution in [1.82, 2.24) is 15.5 Å². The van der Waals surface area contributed by atoms with Gasteiger partial charge in [-0.25, -0.2) is 0 Å². The molecule has 0 aromatic carbocycles. The lowest BCUT2D eigenvalue weighted by molar-refractivity contribution is -0.152. The van der Waals surface area contributed by atoms with E-state index in [1.807, 2.05) is 13.8 Å². The molecule has 2 aliphatic heterocycles. The van der Waals surface area contributed by atoms with Crippen molar-refractivity contribution in [2.24, 2.45) is 5.92 Å². The van der Waals surface area contributed by atoms with Gasteiger partial charge in [-0.3, -0.25) is 9.59 Å². The summed E-state index contributed by atoms with van der Waals surface area (Å²) in [5, 5.41) is 6.07. The van der Waals surface area contributed by atoms with Crippen molar-refractivity contribution in [2.75, 3.05) is 26.2 Å². The SMILES string of the molecule is CC1(C)C(=O)NCCN1C(=O)C1CCNCC1.Cl. The molecule has 104 valence electrons. The molecule has 2 saturated heterocycles. The zero-order valence-electron chi connectivity index (χ0n) is 11.0. The maximum Gasteiger partial charge on any atom is 0.245 e. The van der Waals surface area contributed by atoms with Gasteiger partial charge in [0.25, 0.3) is 0 Å². The number of carbonyl (C=O) groups excluding carboxylic acids is 2. The summed E-state index contributed by atoms with van der Waals surface area (Å²) in [5.74, 6) is 0.179. The number of halogens is 1. The standard InChI is InChI=1S/C12H21N3O2.ClH/c1-12(2)11(17)14-7-8-15(12)10(16)9-3-5-13-6-4-9;/h9,13H,3-8H2,1-2H3,(H,14,17);1H. The summed E-state index contributed by atoms with van der Waals surface area (Å²) in [4.78, 5) is 26.0. The lowest BCUT2D eigenvalue weighted by atomic mass is 9.91. The molecule has 0 spiro atoms. The van der Waals surface area contributed by atoms with Gasteiger partial charge in [0.1, 0.15) is 5.54 Å². The molecular formula is C12H22ClN3O2. The molecule has 2 fully saturated rings. The molecule has 18 heavy (non-hydrogen) atoms. The highest BCUT2D eigenvalue weighted by atomic mass is 35.5. The number of hydrogen-bond donors (Lipinski definition) is 2. The number of nitrogens with zero attached hydrogens (tertiary/aromatic N) is 1. The number of piperidine rings is 1. The van der Waals surface area contributed by atoms with Crippen molar-refractivity contribution in [3.63, 3.8) is 0 Å². The minimum absolute atomic E-state index is 0. The van der Waals surface area contributed by atoms with E-state index in [4.69, 9.17) is 0 Å². The summed E-state index contributed by atoms with van der Waals surface area (Å²) >= 11 is 0. The Morgan fingerprint density at radius 2 is 1.89 bits per heavy atom. The minimum atomic E-state index is -0.708. The summed E-state index contributed by atoms with van der Waals surface area (Å²) < 4.78 is 0. The normalized spacial score (nSPS) is 24.1. The van der Waals surface area contributed by atoms with E-state index in [-0.39, 0.29) is 30.1 Å². The third kappa shape index (κ3) is 2.78. The van der Waals surface area contributed by atoms with Gasteiger partial charge >= 0.3 is 0 Å². The Morgan fingerprint density at radius 3 is 2.50 bits per heavy atom. The Labute approximate surface area is 114 Å². The van der Waals surface area contributed by atoms with Crippen molar-refractivity contribution in [3.8, 4) is 0 Å². The van der Waals surface area contributed by atoms with E-state index in [1.165, 1.54) is 0 Å². The second-order valence-corrected chi connectivity index (χ2v) is 5.33. The Kier molecular flexibility index (Phi) is 4.99. The molecule has 0 aromatic heterocycles. The second-order valence-electron chi connectivity index (χ2n) is 5.33. The largest absolute Gasteiger partial charge is 0.352 e. The van der Waals surface area contributed by atoms with Crippen LogP contribution in [0.15, 0.2) is 0 Å². The van der Waals surface area contributed by atoms with Gasteiger partial charge in [-0.2, -0.15) is 0 Å². The summed E-state index contributed by atoms with van der Waals surface area (Å²) in [6, 6.07) is 0. The lowest BCUT2D eigenvalue weighted by Gasteiger charge is -2.43. The fraction of sp³-hybridized carbons (Fsp3) is 0.833. The molecule has 6 heteroatoms. The monoisotopic (exact) mass is 275 g/mol. The maximum atomic E-state index is 12.4. The van der Waals surface area contributed by atoms with Gasteiger partial charge in [0.05, 0.1) is 0 Å². The van der Waals surface area contributed by atoms with Crippen molar-refractivity contribution >= 4 is 24.2 Å². The van der Waals surface area contributed by atoms with E-state index in [9.17, 15) is 9.59 Å². The predicted octanol–water partition coefficient (Wildman–Crippen LogP) is 0.145. The molecule has 5 nitrogen and oxygen atoms in total. The summed E-state index contributed by atoms with van der Waals surface area (Å²) in [6.07, 6.45) is 1.76. The van der Waals surface area contributed by atoms with E-state index < -0.39 is 5.54 Å². The fourth-order valence-electron chi connectivity index (χ4n) is 2.57. The smallest absolute Gasteiger partial charge is 0.245 e. The van der Waals surface area contributed by atoms with Crippen LogP contribution in [0.1, 0.15) is 26.7 Å². The van der Waals surface area contributed by atoms with Crippen LogP contribution in [0, 0.1) is 5.92 Å². The highest BCUT2D eigenvalue weighted by molar-refractivity contribution is 5.92. The van der Waals surface area contributed by atoms with Crippen molar-refractivity contribution in [1.29, 1.82) is 0 Å². The molecule has 2 heterocycles. The molecule has 0 radical (unpaired) electrons. The molecule has 2 N–H and O–H groups in total. The lowest BCUT2D eigenvalue weighted by Crippen LogP contribution is -2.64. The Balaban J connectivity index is 0.00000162. The number of rotatable bonds is 1. The highest BCUT2D eigenvalue weighted by Crippen LogP contribution is 2.23. The number of amides is 2. The zero-order chi connectivity index (χ0) is 12.5. The first-order valence-corrected chi connectivity index (χ1v) is 6.34. The van der Waals surface area contributed by atoms with Gasteiger partial charge in [-0.1, -0.05) is 0 Å². The van der Waals surface area contributed by atoms with E-state index in [0.717, 1.165) is 25.9 Å². The molecule has 2 amide bonds. The van der Waals surface area contributed by atoms with E-state index >= 15 is 0 Å². The average molecular weight is 276 g/mol. The summed E-state index contributed by atoms with van der Waals surface area (Å²) in [6.45, 7) is 6.63. The van der Waals surface area contributed by atoms with Gasteiger partial charge in [0.15, 0.2) is 0 Å². The van der Waals surface area contributed by atoms with Crippen LogP contribution in [0.4, 0.5) is 0 Å². The zero-order valence-corrected chi connectivity index (χ0v) is 11.8. The third-order valence-corrected chi connectivity index (χ3v) is 3.81. The first kappa shape index (κ1) is 15.2. The van der Waals surface area contributed by atoms with Crippen LogP contribution < -0.4 is 10.6 Å². The van der Waals surface area contributed by atoms with Crippen LogP contribution in [0.2, 0.25) is 0 Å². The Hall–Kier alpha value is -0.810. The second kappa shape index (κ2) is 5.89. The van der Waals surface area contributed by atoms with Gasteiger partial charge in [0, 0.05) is 19.0 Å². The van der Waals surface area contributed by atoms with Gasteiger partial charge in [-0.05, 0) is 39.8 Å². The van der Waals surface area contributed by atoms with Crippen molar-refractivity contribution < 1.29 is 9.59 Å². The van der Waals surface area contributed by atoms with Crippen LogP contribution in [-0.4, -0.2) is 48.4 Å². The Morgan fingerprint density at radius 1 is 1.28 bits per heavy atom. The van der Waals surface area contributed by atoms with Gasteiger partial charge < -0.3 is 15.5 Å². The number of hydrogen-bond acceptors (Lipinski definition) is 3. The van der Waals surface area contributed by atoms with E-state index in [0.29, 0.717) is 13.1 Å². The van der Waals surface area contributed by atoms with E-state index in [2.05, 4.69) is 10.6 Å². The van der Waals surface area contributed by atoms with Crippen molar-refractivity contribution in [2.45, 2.75) is 32.2 Å². The summed E-state index contributed by atoms with van der Waals surface area (Å²) in [5.41, 5.74) is -0.708. The molecule has 2 rings (SSSR count). The Bertz CT molecular complexity index is 327. The van der Waals surface area contributed by atoms with Crippen molar-refractivity contribution in [3.05, 3.63) is 0 Å². The van der Waals surface area contributed by atoms with Gasteiger partial charge in [-0.15, -0.1) is 12.4 Å². The maximum absolute atomic E-state index is 12.4. The minimum Gasteiger partial charge on any atom is -0.352 e. The number of carbonyl (C=O) groups is 2. The molecule has 0 aromatic rings. The third-order valence-electron chi connectivity index (χ3n) is 3.81. The van der Waals surface area contributed by atoms with Crippen LogP contribution in [0.5, 0.6) is 0 Å². The first-order valence-electron chi connectivity index (χ1n) is 6.34. The van der Waals surface area contributed by atoms with E-state index in [1.54, 1.807) is 4.90 Å². The quantitative estimate of drug-likeness (QED) is 0.716. The molecular weight excluding hydrogens is 254 g/mol. The molecule has 2 aliphatic rings. The van der Waals surface area contributed by atoms with Gasteiger partial charge in [0.2, 0.25) is 11.8 Å². The number of piperazine rings is 1. The molecule has 0 unspecified atom stereocenters. The number of nitrogens with one attached hydrogen (secondary N) is 2. The highest BCUT2D eigenvalue weighted by Gasteiger charge is 2.42. The average Bonchev–Trinajstić information content (AvgIpc) is 2.33. The predicted molar refractivity (Wildman–Crippen MR) is 71.6 cm³/mol. The van der Waals surface area contributed by atoms with Crippen LogP contribution in [0.3, 0.4) is 0 Å². The van der Waals surface area contributed by atoms with Crippen LogP contribution in [-0.2, 0) is 9.59 Å². The summed E-state index contributed by atoms with van der Waals surface area (Å²) in [7, 11) is 0. The van der Waals surface area contributed by atoms with Crippen LogP contribution >= 0.6 is 12.4 Å². The topological polar surface area (TPSA) is 61.4 Å². The molecule has 0 bridgehead atoms. The molecule has 0 aliphatic carbocycles. The van der Waals surface area contributed by atoms with Crippen LogP contribution in [0.25, 0.3) is 0 Å². The molecule has 0 saturated carbocycles.